The van der Waals surface area contributed by atoms with E-state index in [1.54, 1.807) is 0 Å². The number of fused-ring (bicyclic) bond motifs is 2. The van der Waals surface area contributed by atoms with Crippen LogP contribution in [-0.4, -0.2) is 11.8 Å². The molecule has 0 unspecified atom stereocenters. The van der Waals surface area contributed by atoms with Crippen molar-refractivity contribution in [3.8, 4) is 0 Å². The largest absolute Gasteiger partial charge is 0.416 e. The lowest BCUT2D eigenvalue weighted by Gasteiger charge is -2.27. The Morgan fingerprint density at radius 1 is 0.958 bits per heavy atom. The smallest absolute Gasteiger partial charge is 0.274 e. The Morgan fingerprint density at radius 3 is 2.08 bits per heavy atom. The summed E-state index contributed by atoms with van der Waals surface area (Å²) in [6.45, 7) is 0. The van der Waals surface area contributed by atoms with Crippen molar-refractivity contribution in [2.24, 2.45) is 23.7 Å². The SMILES string of the molecule is O=C1[C@@H]2[C@H](C(=O)N1c1cccc(C(F)(F)F)c1)[C@@H]1C=C[C@H]2CCC1. The van der Waals surface area contributed by atoms with E-state index in [2.05, 4.69) is 0 Å². The number of alkyl halides is 3. The normalized spacial score (nSPS) is 32.2. The van der Waals surface area contributed by atoms with E-state index in [-0.39, 0.29) is 29.3 Å². The second kappa shape index (κ2) is 5.19. The van der Waals surface area contributed by atoms with E-state index in [0.717, 1.165) is 36.3 Å². The van der Waals surface area contributed by atoms with E-state index in [0.29, 0.717) is 0 Å². The second-order valence-corrected chi connectivity index (χ2v) is 6.76. The lowest BCUT2D eigenvalue weighted by molar-refractivity contribution is -0.137. The van der Waals surface area contributed by atoms with Gasteiger partial charge in [0.25, 0.3) is 0 Å². The molecule has 126 valence electrons. The fourth-order valence-electron chi connectivity index (χ4n) is 4.35. The minimum atomic E-state index is -4.51. The number of rotatable bonds is 1. The van der Waals surface area contributed by atoms with Crippen molar-refractivity contribution in [1.82, 2.24) is 0 Å². The van der Waals surface area contributed by atoms with Crippen LogP contribution in [0, 0.1) is 23.7 Å². The first kappa shape index (κ1) is 15.4. The van der Waals surface area contributed by atoms with Crippen LogP contribution in [0.1, 0.15) is 24.8 Å². The highest BCUT2D eigenvalue weighted by Crippen LogP contribution is 2.49. The molecule has 3 aliphatic carbocycles. The van der Waals surface area contributed by atoms with Crippen LogP contribution in [0.25, 0.3) is 0 Å². The van der Waals surface area contributed by atoms with Gasteiger partial charge in [0.15, 0.2) is 0 Å². The highest BCUT2D eigenvalue weighted by molar-refractivity contribution is 6.22. The average molecular weight is 335 g/mol. The monoisotopic (exact) mass is 335 g/mol. The van der Waals surface area contributed by atoms with E-state index in [1.165, 1.54) is 12.1 Å². The van der Waals surface area contributed by atoms with Gasteiger partial charge < -0.3 is 0 Å². The van der Waals surface area contributed by atoms with Gasteiger partial charge in [-0.15, -0.1) is 0 Å². The van der Waals surface area contributed by atoms with Gasteiger partial charge in [-0.05, 0) is 42.9 Å². The van der Waals surface area contributed by atoms with Crippen molar-refractivity contribution in [1.29, 1.82) is 0 Å². The van der Waals surface area contributed by atoms with E-state index in [1.807, 2.05) is 12.2 Å². The van der Waals surface area contributed by atoms with Gasteiger partial charge >= 0.3 is 6.18 Å². The van der Waals surface area contributed by atoms with Crippen molar-refractivity contribution in [3.63, 3.8) is 0 Å². The van der Waals surface area contributed by atoms with Crippen LogP contribution in [0.3, 0.4) is 0 Å². The third-order valence-electron chi connectivity index (χ3n) is 5.43. The minimum absolute atomic E-state index is 0.0148. The summed E-state index contributed by atoms with van der Waals surface area (Å²) in [6, 6.07) is 4.46. The number of allylic oxidation sites excluding steroid dienone is 2. The van der Waals surface area contributed by atoms with Gasteiger partial charge in [0.1, 0.15) is 0 Å². The molecule has 2 amide bonds. The summed E-state index contributed by atoms with van der Waals surface area (Å²) in [6.07, 6.45) is 2.19. The first-order chi connectivity index (χ1) is 11.4. The molecule has 1 saturated carbocycles. The number of nitrogens with zero attached hydrogens (tertiary/aromatic N) is 1. The number of imide groups is 1. The molecule has 6 heteroatoms. The zero-order chi connectivity index (χ0) is 17.1. The van der Waals surface area contributed by atoms with Gasteiger partial charge in [-0.2, -0.15) is 13.2 Å². The van der Waals surface area contributed by atoms with Crippen LogP contribution < -0.4 is 4.90 Å². The number of carbonyl (C=O) groups excluding carboxylic acids is 2. The Hall–Kier alpha value is -2.11. The van der Waals surface area contributed by atoms with Crippen molar-refractivity contribution in [3.05, 3.63) is 42.0 Å². The molecule has 24 heavy (non-hydrogen) atoms. The van der Waals surface area contributed by atoms with Crippen LogP contribution >= 0.6 is 0 Å². The van der Waals surface area contributed by atoms with Gasteiger partial charge in [0.2, 0.25) is 11.8 Å². The summed E-state index contributed by atoms with van der Waals surface area (Å²) in [5.74, 6) is -1.53. The average Bonchev–Trinajstić information content (AvgIpc) is 2.74. The Morgan fingerprint density at radius 2 is 1.54 bits per heavy atom. The lowest BCUT2D eigenvalue weighted by Crippen LogP contribution is -2.32. The number of carbonyl (C=O) groups is 2. The van der Waals surface area contributed by atoms with Crippen LogP contribution in [0.15, 0.2) is 36.4 Å². The summed E-state index contributed by atoms with van der Waals surface area (Å²) in [7, 11) is 0. The molecule has 0 aromatic heterocycles. The molecule has 1 aromatic carbocycles. The number of amides is 2. The van der Waals surface area contributed by atoms with Crippen molar-refractivity contribution < 1.29 is 22.8 Å². The molecule has 0 N–H and O–H groups in total. The molecule has 3 nitrogen and oxygen atoms in total. The Balaban J connectivity index is 1.74. The highest BCUT2D eigenvalue weighted by Gasteiger charge is 2.55. The van der Waals surface area contributed by atoms with Gasteiger partial charge in [-0.25, -0.2) is 0 Å². The quantitative estimate of drug-likeness (QED) is 0.578. The molecule has 0 spiro atoms. The van der Waals surface area contributed by atoms with Crippen molar-refractivity contribution in [2.75, 3.05) is 4.90 Å². The van der Waals surface area contributed by atoms with Crippen LogP contribution in [0.5, 0.6) is 0 Å². The molecule has 1 heterocycles. The first-order valence-electron chi connectivity index (χ1n) is 8.11. The maximum atomic E-state index is 12.9. The topological polar surface area (TPSA) is 37.4 Å². The van der Waals surface area contributed by atoms with E-state index < -0.39 is 23.6 Å². The highest BCUT2D eigenvalue weighted by atomic mass is 19.4. The molecule has 1 aromatic rings. The lowest BCUT2D eigenvalue weighted by atomic mass is 9.73. The molecule has 0 radical (unpaired) electrons. The maximum absolute atomic E-state index is 12.9. The summed E-state index contributed by atoms with van der Waals surface area (Å²) >= 11 is 0. The first-order valence-corrected chi connectivity index (χ1v) is 8.11. The van der Waals surface area contributed by atoms with Crippen LogP contribution in [0.4, 0.5) is 18.9 Å². The van der Waals surface area contributed by atoms with E-state index in [4.69, 9.17) is 0 Å². The zero-order valence-electron chi connectivity index (χ0n) is 12.8. The molecular formula is C18H16F3NO2. The van der Waals surface area contributed by atoms with Crippen molar-refractivity contribution in [2.45, 2.75) is 25.4 Å². The van der Waals surface area contributed by atoms with Crippen LogP contribution in [0.2, 0.25) is 0 Å². The molecule has 1 aliphatic heterocycles. The third-order valence-corrected chi connectivity index (χ3v) is 5.43. The third kappa shape index (κ3) is 2.19. The number of hydrogen-bond acceptors (Lipinski definition) is 2. The maximum Gasteiger partial charge on any atom is 0.416 e. The predicted molar refractivity (Wildman–Crippen MR) is 80.9 cm³/mol. The number of halogens is 3. The fourth-order valence-corrected chi connectivity index (χ4v) is 4.35. The van der Waals surface area contributed by atoms with E-state index >= 15 is 0 Å². The second-order valence-electron chi connectivity index (χ2n) is 6.76. The molecule has 2 bridgehead atoms. The number of anilines is 1. The van der Waals surface area contributed by atoms with Gasteiger partial charge in [0.05, 0.1) is 23.1 Å². The fraction of sp³-hybridized carbons (Fsp3) is 0.444. The minimum Gasteiger partial charge on any atom is -0.274 e. The zero-order valence-corrected chi connectivity index (χ0v) is 12.8. The number of benzene rings is 1. The summed E-state index contributed by atoms with van der Waals surface area (Å²) in [5, 5.41) is 0. The van der Waals surface area contributed by atoms with Crippen LogP contribution in [-0.2, 0) is 15.8 Å². The Kier molecular flexibility index (Phi) is 3.34. The molecular weight excluding hydrogens is 319 g/mol. The Bertz CT molecular complexity index is 708. The van der Waals surface area contributed by atoms with Gasteiger partial charge in [0, 0.05) is 0 Å². The summed E-state index contributed by atoms with van der Waals surface area (Å²) < 4.78 is 38.8. The molecule has 4 aliphatic rings. The predicted octanol–water partition coefficient (Wildman–Crippen LogP) is 3.80. The summed E-state index contributed by atoms with van der Waals surface area (Å²) in [4.78, 5) is 26.7. The molecule has 5 rings (SSSR count). The Labute approximate surface area is 137 Å². The molecule has 1 saturated heterocycles. The summed E-state index contributed by atoms with van der Waals surface area (Å²) in [5.41, 5.74) is -0.832. The standard InChI is InChI=1S/C18H16F3NO2/c19-18(20,21)12-5-2-6-13(9-12)22-16(23)14-10-3-1-4-11(8-7-10)15(14)17(22)24/h2,5-11,14-15H,1,3-4H2/t10-,11+,14+,15-. The van der Waals surface area contributed by atoms with Gasteiger partial charge in [-0.3, -0.25) is 14.5 Å². The van der Waals surface area contributed by atoms with Crippen molar-refractivity contribution >= 4 is 17.5 Å². The molecule has 4 atom stereocenters. The van der Waals surface area contributed by atoms with E-state index in [9.17, 15) is 22.8 Å². The van der Waals surface area contributed by atoms with Gasteiger partial charge in [-0.1, -0.05) is 24.6 Å². The molecule has 2 fully saturated rings. The number of hydrogen-bond donors (Lipinski definition) is 0.